The van der Waals surface area contributed by atoms with Crippen molar-refractivity contribution >= 4 is 11.8 Å². The number of hydrogen-bond acceptors (Lipinski definition) is 4. The van der Waals surface area contributed by atoms with Crippen LogP contribution in [0.2, 0.25) is 0 Å². The Morgan fingerprint density at radius 2 is 1.05 bits per heavy atom. The molecule has 0 aromatic heterocycles. The van der Waals surface area contributed by atoms with Gasteiger partial charge in [-0.25, -0.2) is 0 Å². The highest BCUT2D eigenvalue weighted by Crippen LogP contribution is 2.07. The van der Waals surface area contributed by atoms with Crippen molar-refractivity contribution in [2.45, 2.75) is 25.7 Å². The van der Waals surface area contributed by atoms with Crippen LogP contribution in [-0.4, -0.2) is 74.0 Å². The van der Waals surface area contributed by atoms with Crippen LogP contribution in [0.3, 0.4) is 0 Å². The van der Waals surface area contributed by atoms with Gasteiger partial charge in [0.25, 0.3) is 0 Å². The number of hydrogen-bond donors (Lipinski definition) is 2. The number of carbonyl (C=O) groups is 2. The summed E-state index contributed by atoms with van der Waals surface area (Å²) in [5.74, 6) is 0.474. The number of nitrogens with zero attached hydrogens (tertiary/aromatic N) is 2. The molecule has 0 radical (unpaired) electrons. The lowest BCUT2D eigenvalue weighted by atomic mass is 10.1. The molecule has 0 saturated carbocycles. The fourth-order valence-electron chi connectivity index (χ4n) is 2.70. The average Bonchev–Trinajstić information content (AvgIpc) is 2.53. The Balaban J connectivity index is 1.56. The topological polar surface area (TPSA) is 64.7 Å². The third-order valence-corrected chi connectivity index (χ3v) is 3.97. The van der Waals surface area contributed by atoms with Crippen LogP contribution in [0.1, 0.15) is 25.7 Å². The van der Waals surface area contributed by atoms with Gasteiger partial charge in [-0.3, -0.25) is 9.59 Å². The molecule has 2 aliphatic heterocycles. The van der Waals surface area contributed by atoms with Gasteiger partial charge >= 0.3 is 0 Å². The van der Waals surface area contributed by atoms with E-state index < -0.39 is 0 Å². The second-order valence-electron chi connectivity index (χ2n) is 5.47. The molecule has 0 bridgehead atoms. The van der Waals surface area contributed by atoms with Gasteiger partial charge in [-0.1, -0.05) is 0 Å². The van der Waals surface area contributed by atoms with E-state index in [0.717, 1.165) is 65.2 Å². The first-order valence-electron chi connectivity index (χ1n) is 7.74. The van der Waals surface area contributed by atoms with Gasteiger partial charge in [-0.2, -0.15) is 0 Å². The van der Waals surface area contributed by atoms with Gasteiger partial charge in [0.05, 0.1) is 0 Å². The maximum Gasteiger partial charge on any atom is 0.222 e. The van der Waals surface area contributed by atoms with E-state index in [0.29, 0.717) is 12.8 Å². The minimum absolute atomic E-state index is 0.237. The van der Waals surface area contributed by atoms with Crippen LogP contribution in [0.4, 0.5) is 0 Å². The molecule has 0 unspecified atom stereocenters. The zero-order valence-corrected chi connectivity index (χ0v) is 12.2. The van der Waals surface area contributed by atoms with Gasteiger partial charge in [0.2, 0.25) is 11.8 Å². The lowest BCUT2D eigenvalue weighted by Crippen LogP contribution is -2.46. The quantitative estimate of drug-likeness (QED) is 0.662. The molecule has 2 fully saturated rings. The predicted molar refractivity (Wildman–Crippen MR) is 77.4 cm³/mol. The highest BCUT2D eigenvalue weighted by atomic mass is 16.2. The normalized spacial score (nSPS) is 20.0. The van der Waals surface area contributed by atoms with E-state index >= 15 is 0 Å². The van der Waals surface area contributed by atoms with Crippen LogP contribution in [-0.2, 0) is 9.59 Å². The Morgan fingerprint density at radius 3 is 1.40 bits per heavy atom. The third kappa shape index (κ3) is 4.76. The molecule has 6 nitrogen and oxygen atoms in total. The van der Waals surface area contributed by atoms with Crippen LogP contribution in [0.5, 0.6) is 0 Å². The highest BCUT2D eigenvalue weighted by molar-refractivity contribution is 5.77. The molecule has 114 valence electrons. The Labute approximate surface area is 120 Å². The van der Waals surface area contributed by atoms with Crippen molar-refractivity contribution in [2.24, 2.45) is 0 Å². The largest absolute Gasteiger partial charge is 0.340 e. The SMILES string of the molecule is O=C(CCCCC(=O)N1CCNCC1)N1CCNCC1. The van der Waals surface area contributed by atoms with Crippen LogP contribution in [0, 0.1) is 0 Å². The Bertz CT molecular complexity index is 291. The van der Waals surface area contributed by atoms with Crippen molar-refractivity contribution in [3.05, 3.63) is 0 Å². The fraction of sp³-hybridized carbons (Fsp3) is 0.857. The molecule has 0 atom stereocenters. The van der Waals surface area contributed by atoms with E-state index in [-0.39, 0.29) is 11.8 Å². The molecule has 6 heteroatoms. The Kier molecular flexibility index (Phi) is 6.26. The van der Waals surface area contributed by atoms with Crippen molar-refractivity contribution in [3.63, 3.8) is 0 Å². The van der Waals surface area contributed by atoms with Crippen LogP contribution in [0.25, 0.3) is 0 Å². The predicted octanol–water partition coefficient (Wildman–Crippen LogP) is -0.590. The first-order valence-corrected chi connectivity index (χ1v) is 7.74. The monoisotopic (exact) mass is 282 g/mol. The van der Waals surface area contributed by atoms with E-state index in [4.69, 9.17) is 0 Å². The van der Waals surface area contributed by atoms with Gasteiger partial charge in [-0.15, -0.1) is 0 Å². The van der Waals surface area contributed by atoms with Crippen molar-refractivity contribution in [1.29, 1.82) is 0 Å². The molecule has 2 aliphatic rings. The zero-order chi connectivity index (χ0) is 14.2. The zero-order valence-electron chi connectivity index (χ0n) is 12.2. The summed E-state index contributed by atoms with van der Waals surface area (Å²) >= 11 is 0. The second kappa shape index (κ2) is 8.21. The molecular formula is C14H26N4O2. The number of unbranched alkanes of at least 4 members (excludes halogenated alkanes) is 1. The maximum absolute atomic E-state index is 11.9. The number of amides is 2. The molecule has 2 amide bonds. The average molecular weight is 282 g/mol. The number of nitrogens with one attached hydrogen (secondary N) is 2. The summed E-state index contributed by atoms with van der Waals surface area (Å²) in [6, 6.07) is 0. The smallest absolute Gasteiger partial charge is 0.222 e. The van der Waals surface area contributed by atoms with Crippen molar-refractivity contribution in [3.8, 4) is 0 Å². The van der Waals surface area contributed by atoms with Gasteiger partial charge < -0.3 is 20.4 Å². The summed E-state index contributed by atoms with van der Waals surface area (Å²) < 4.78 is 0. The highest BCUT2D eigenvalue weighted by Gasteiger charge is 2.17. The number of piperazine rings is 2. The second-order valence-corrected chi connectivity index (χ2v) is 5.47. The number of carbonyl (C=O) groups excluding carboxylic acids is 2. The van der Waals surface area contributed by atoms with Gasteiger partial charge in [0, 0.05) is 65.2 Å². The molecule has 0 aromatic rings. The molecule has 20 heavy (non-hydrogen) atoms. The minimum atomic E-state index is 0.237. The van der Waals surface area contributed by atoms with Crippen LogP contribution >= 0.6 is 0 Å². The maximum atomic E-state index is 11.9. The third-order valence-electron chi connectivity index (χ3n) is 3.97. The van der Waals surface area contributed by atoms with E-state index in [1.54, 1.807) is 0 Å². The molecule has 2 N–H and O–H groups in total. The fourth-order valence-corrected chi connectivity index (χ4v) is 2.70. The lowest BCUT2D eigenvalue weighted by Gasteiger charge is -2.28. The van der Waals surface area contributed by atoms with Crippen molar-refractivity contribution < 1.29 is 9.59 Å². The summed E-state index contributed by atoms with van der Waals surface area (Å²) in [4.78, 5) is 27.7. The Morgan fingerprint density at radius 1 is 0.700 bits per heavy atom. The summed E-state index contributed by atoms with van der Waals surface area (Å²) in [6.45, 7) is 6.86. The van der Waals surface area contributed by atoms with E-state index in [9.17, 15) is 9.59 Å². The van der Waals surface area contributed by atoms with Crippen molar-refractivity contribution in [1.82, 2.24) is 20.4 Å². The molecule has 0 aromatic carbocycles. The van der Waals surface area contributed by atoms with Gasteiger partial charge in [0.1, 0.15) is 0 Å². The summed E-state index contributed by atoms with van der Waals surface area (Å²) in [6.07, 6.45) is 2.80. The van der Waals surface area contributed by atoms with Crippen molar-refractivity contribution in [2.75, 3.05) is 52.4 Å². The van der Waals surface area contributed by atoms with Crippen LogP contribution in [0.15, 0.2) is 0 Å². The van der Waals surface area contributed by atoms with E-state index in [2.05, 4.69) is 10.6 Å². The molecule has 0 aliphatic carbocycles. The minimum Gasteiger partial charge on any atom is -0.340 e. The van der Waals surface area contributed by atoms with E-state index in [1.165, 1.54) is 0 Å². The summed E-state index contributed by atoms with van der Waals surface area (Å²) in [5.41, 5.74) is 0. The Hall–Kier alpha value is -1.14. The first-order chi connectivity index (χ1) is 9.77. The van der Waals surface area contributed by atoms with Gasteiger partial charge in [-0.05, 0) is 12.8 Å². The first kappa shape index (κ1) is 15.3. The van der Waals surface area contributed by atoms with E-state index in [1.807, 2.05) is 9.80 Å². The van der Waals surface area contributed by atoms with Crippen LogP contribution < -0.4 is 10.6 Å². The molecule has 2 heterocycles. The number of rotatable bonds is 5. The molecular weight excluding hydrogens is 256 g/mol. The standard InChI is InChI=1S/C14H26N4O2/c19-13(17-9-5-15-6-10-17)3-1-2-4-14(20)18-11-7-16-8-12-18/h15-16H,1-12H2. The van der Waals surface area contributed by atoms with Gasteiger partial charge in [0.15, 0.2) is 0 Å². The summed E-state index contributed by atoms with van der Waals surface area (Å²) in [5, 5.41) is 6.48. The molecule has 2 saturated heterocycles. The summed E-state index contributed by atoms with van der Waals surface area (Å²) in [7, 11) is 0. The molecule has 0 spiro atoms. The lowest BCUT2D eigenvalue weighted by molar-refractivity contribution is -0.133. The molecule has 2 rings (SSSR count).